The Morgan fingerprint density at radius 1 is 1.17 bits per heavy atom. The Balaban J connectivity index is 2.85. The molecule has 18 heavy (non-hydrogen) atoms. The standard InChI is InChI=1S/C13H21NO3S/c1-10(2)12-4-6-13(7-5-12)18(16,17)14-11(3)8-9-15/h4-7,10-11,14-15H,8-9H2,1-3H3. The van der Waals surface area contributed by atoms with E-state index in [4.69, 9.17) is 5.11 Å². The summed E-state index contributed by atoms with van der Waals surface area (Å²) in [5, 5.41) is 8.77. The zero-order valence-corrected chi connectivity index (χ0v) is 11.9. The van der Waals surface area contributed by atoms with Gasteiger partial charge in [0.15, 0.2) is 0 Å². The van der Waals surface area contributed by atoms with Crippen LogP contribution >= 0.6 is 0 Å². The highest BCUT2D eigenvalue weighted by molar-refractivity contribution is 7.89. The normalized spacial score (nSPS) is 13.8. The van der Waals surface area contributed by atoms with Gasteiger partial charge in [0.1, 0.15) is 0 Å². The summed E-state index contributed by atoms with van der Waals surface area (Å²) in [5.41, 5.74) is 1.11. The van der Waals surface area contributed by atoms with E-state index in [1.807, 2.05) is 12.1 Å². The second-order valence-electron chi connectivity index (χ2n) is 4.76. The van der Waals surface area contributed by atoms with E-state index < -0.39 is 10.0 Å². The summed E-state index contributed by atoms with van der Waals surface area (Å²) in [4.78, 5) is 0.261. The number of nitrogens with one attached hydrogen (secondary N) is 1. The molecular formula is C13H21NO3S. The van der Waals surface area contributed by atoms with Crippen molar-refractivity contribution in [1.82, 2.24) is 4.72 Å². The van der Waals surface area contributed by atoms with Gasteiger partial charge in [0.05, 0.1) is 4.90 Å². The average Bonchev–Trinajstić information content (AvgIpc) is 2.28. The molecule has 0 saturated carbocycles. The van der Waals surface area contributed by atoms with Crippen LogP contribution in [0.4, 0.5) is 0 Å². The number of hydrogen-bond donors (Lipinski definition) is 2. The Morgan fingerprint density at radius 2 is 1.72 bits per heavy atom. The topological polar surface area (TPSA) is 66.4 Å². The van der Waals surface area contributed by atoms with Gasteiger partial charge in [-0.2, -0.15) is 0 Å². The van der Waals surface area contributed by atoms with Gasteiger partial charge in [0.2, 0.25) is 10.0 Å². The molecule has 5 heteroatoms. The molecule has 2 N–H and O–H groups in total. The highest BCUT2D eigenvalue weighted by Gasteiger charge is 2.16. The molecule has 0 spiro atoms. The van der Waals surface area contributed by atoms with Gasteiger partial charge in [0.25, 0.3) is 0 Å². The summed E-state index contributed by atoms with van der Waals surface area (Å²) >= 11 is 0. The van der Waals surface area contributed by atoms with Crippen LogP contribution in [0.1, 0.15) is 38.7 Å². The fraction of sp³-hybridized carbons (Fsp3) is 0.538. The lowest BCUT2D eigenvalue weighted by atomic mass is 10.0. The van der Waals surface area contributed by atoms with Crippen molar-refractivity contribution < 1.29 is 13.5 Å². The molecule has 0 aromatic heterocycles. The van der Waals surface area contributed by atoms with Crippen LogP contribution in [0.25, 0.3) is 0 Å². The SMILES string of the molecule is CC(CCO)NS(=O)(=O)c1ccc(C(C)C)cc1. The summed E-state index contributed by atoms with van der Waals surface area (Å²) in [6.07, 6.45) is 0.406. The Labute approximate surface area is 109 Å². The van der Waals surface area contributed by atoms with Crippen LogP contribution in [0.15, 0.2) is 29.2 Å². The fourth-order valence-corrected chi connectivity index (χ4v) is 2.90. The molecule has 1 aromatic carbocycles. The van der Waals surface area contributed by atoms with Crippen LogP contribution in [0.2, 0.25) is 0 Å². The molecule has 1 rings (SSSR count). The average molecular weight is 271 g/mol. The molecule has 102 valence electrons. The number of aliphatic hydroxyl groups is 1. The molecule has 0 radical (unpaired) electrons. The van der Waals surface area contributed by atoms with Gasteiger partial charge >= 0.3 is 0 Å². The van der Waals surface area contributed by atoms with Gasteiger partial charge in [-0.05, 0) is 37.0 Å². The molecule has 0 saturated heterocycles. The quantitative estimate of drug-likeness (QED) is 0.830. The first-order valence-corrected chi connectivity index (χ1v) is 7.58. The van der Waals surface area contributed by atoms with Gasteiger partial charge in [-0.25, -0.2) is 13.1 Å². The first kappa shape index (κ1) is 15.1. The van der Waals surface area contributed by atoms with Crippen molar-refractivity contribution in [2.45, 2.75) is 44.0 Å². The predicted octanol–water partition coefficient (Wildman–Crippen LogP) is 1.86. The second kappa shape index (κ2) is 6.31. The lowest BCUT2D eigenvalue weighted by molar-refractivity contribution is 0.275. The minimum Gasteiger partial charge on any atom is -0.396 e. The predicted molar refractivity (Wildman–Crippen MR) is 72.0 cm³/mol. The van der Waals surface area contributed by atoms with Crippen molar-refractivity contribution >= 4 is 10.0 Å². The minimum atomic E-state index is -3.49. The van der Waals surface area contributed by atoms with Crippen LogP contribution in [-0.2, 0) is 10.0 Å². The van der Waals surface area contributed by atoms with Crippen LogP contribution < -0.4 is 4.72 Å². The van der Waals surface area contributed by atoms with E-state index in [0.717, 1.165) is 5.56 Å². The van der Waals surface area contributed by atoms with Gasteiger partial charge in [-0.3, -0.25) is 0 Å². The molecule has 0 aliphatic carbocycles. The molecule has 4 nitrogen and oxygen atoms in total. The van der Waals surface area contributed by atoms with Gasteiger partial charge in [0, 0.05) is 12.6 Å². The molecule has 1 atom stereocenters. The maximum absolute atomic E-state index is 12.0. The lowest BCUT2D eigenvalue weighted by Crippen LogP contribution is -2.33. The van der Waals surface area contributed by atoms with E-state index in [9.17, 15) is 8.42 Å². The second-order valence-corrected chi connectivity index (χ2v) is 6.47. The maximum Gasteiger partial charge on any atom is 0.240 e. The van der Waals surface area contributed by atoms with Crippen molar-refractivity contribution in [3.8, 4) is 0 Å². The van der Waals surface area contributed by atoms with Gasteiger partial charge in [-0.15, -0.1) is 0 Å². The summed E-state index contributed by atoms with van der Waals surface area (Å²) in [6, 6.07) is 6.61. The van der Waals surface area contributed by atoms with E-state index in [1.54, 1.807) is 19.1 Å². The summed E-state index contributed by atoms with van der Waals surface area (Å²) in [6.45, 7) is 5.82. The molecule has 0 amide bonds. The van der Waals surface area contributed by atoms with E-state index in [1.165, 1.54) is 0 Å². The van der Waals surface area contributed by atoms with Crippen molar-refractivity contribution in [1.29, 1.82) is 0 Å². The molecule has 1 unspecified atom stereocenters. The third-order valence-corrected chi connectivity index (χ3v) is 4.38. The Morgan fingerprint density at radius 3 is 2.17 bits per heavy atom. The van der Waals surface area contributed by atoms with Gasteiger partial charge < -0.3 is 5.11 Å². The molecule has 0 bridgehead atoms. The summed E-state index contributed by atoms with van der Waals surface area (Å²) in [5.74, 6) is 0.378. The number of aliphatic hydroxyl groups excluding tert-OH is 1. The Hall–Kier alpha value is -0.910. The highest BCUT2D eigenvalue weighted by Crippen LogP contribution is 2.17. The van der Waals surface area contributed by atoms with E-state index in [2.05, 4.69) is 18.6 Å². The molecule has 0 heterocycles. The molecule has 0 aliphatic rings. The highest BCUT2D eigenvalue weighted by atomic mass is 32.2. The van der Waals surface area contributed by atoms with Gasteiger partial charge in [-0.1, -0.05) is 26.0 Å². The molecule has 1 aromatic rings. The van der Waals surface area contributed by atoms with Crippen LogP contribution in [0.3, 0.4) is 0 Å². The first-order valence-electron chi connectivity index (χ1n) is 6.10. The summed E-state index contributed by atoms with van der Waals surface area (Å²) < 4.78 is 26.5. The van der Waals surface area contributed by atoms with E-state index in [-0.39, 0.29) is 17.5 Å². The zero-order valence-electron chi connectivity index (χ0n) is 11.1. The number of hydrogen-bond acceptors (Lipinski definition) is 3. The zero-order chi connectivity index (χ0) is 13.8. The Bertz CT molecular complexity index is 466. The number of sulfonamides is 1. The largest absolute Gasteiger partial charge is 0.396 e. The van der Waals surface area contributed by atoms with Crippen molar-refractivity contribution in [3.05, 3.63) is 29.8 Å². The number of benzene rings is 1. The summed E-state index contributed by atoms with van der Waals surface area (Å²) in [7, 11) is -3.49. The molecule has 0 fully saturated rings. The van der Waals surface area contributed by atoms with Crippen molar-refractivity contribution in [3.63, 3.8) is 0 Å². The number of rotatable bonds is 6. The smallest absolute Gasteiger partial charge is 0.240 e. The van der Waals surface area contributed by atoms with Crippen LogP contribution in [0.5, 0.6) is 0 Å². The maximum atomic E-state index is 12.0. The fourth-order valence-electron chi connectivity index (χ4n) is 1.62. The minimum absolute atomic E-state index is 0.0318. The molecule has 0 aliphatic heterocycles. The Kier molecular flexibility index (Phi) is 5.31. The monoisotopic (exact) mass is 271 g/mol. The van der Waals surface area contributed by atoms with E-state index in [0.29, 0.717) is 12.3 Å². The molecular weight excluding hydrogens is 250 g/mol. The first-order chi connectivity index (χ1) is 8.36. The van der Waals surface area contributed by atoms with Crippen molar-refractivity contribution in [2.75, 3.05) is 6.61 Å². The third kappa shape index (κ3) is 4.08. The third-order valence-electron chi connectivity index (χ3n) is 2.78. The van der Waals surface area contributed by atoms with E-state index >= 15 is 0 Å². The van der Waals surface area contributed by atoms with Crippen molar-refractivity contribution in [2.24, 2.45) is 0 Å². The van der Waals surface area contributed by atoms with Crippen LogP contribution in [-0.4, -0.2) is 26.2 Å². The lowest BCUT2D eigenvalue weighted by Gasteiger charge is -2.13. The van der Waals surface area contributed by atoms with Crippen LogP contribution in [0, 0.1) is 0 Å².